The van der Waals surface area contributed by atoms with Gasteiger partial charge in [0, 0.05) is 38.4 Å². The van der Waals surface area contributed by atoms with Crippen molar-refractivity contribution in [2.24, 2.45) is 127 Å². The van der Waals surface area contributed by atoms with Gasteiger partial charge in [-0.25, -0.2) is 0 Å². The van der Waals surface area contributed by atoms with Crippen LogP contribution in [0.3, 0.4) is 0 Å². The summed E-state index contributed by atoms with van der Waals surface area (Å²) < 4.78 is 0. The lowest BCUT2D eigenvalue weighted by Crippen LogP contribution is -2.42. The van der Waals surface area contributed by atoms with Crippen molar-refractivity contribution in [1.29, 1.82) is 0 Å². The molecule has 2 N–H and O–H groups in total. The van der Waals surface area contributed by atoms with Gasteiger partial charge in [-0.05, 0) is 320 Å². The number of aliphatic carboxylic acids is 2. The van der Waals surface area contributed by atoms with E-state index in [2.05, 4.69) is 300 Å². The van der Waals surface area contributed by atoms with Crippen molar-refractivity contribution < 1.29 is 58.2 Å². The fraction of sp³-hybridized carbons (Fsp3) is 0.786. The van der Waals surface area contributed by atoms with Crippen molar-refractivity contribution in [1.82, 2.24) is 0 Å². The van der Waals surface area contributed by atoms with Gasteiger partial charge in [-0.2, -0.15) is 0 Å². The van der Waals surface area contributed by atoms with Crippen molar-refractivity contribution in [2.45, 2.75) is 537 Å². The molecule has 143 heavy (non-hydrogen) atoms. The van der Waals surface area contributed by atoms with Gasteiger partial charge in [0.2, 0.25) is 0 Å². The van der Waals surface area contributed by atoms with Crippen LogP contribution in [0.2, 0.25) is 0 Å². The van der Waals surface area contributed by atoms with E-state index in [9.17, 15) is 53.1 Å². The Morgan fingerprint density at radius 1 is 0.364 bits per heavy atom. The summed E-state index contributed by atoms with van der Waals surface area (Å²) in [5, 5.41) is 18.7. The zero-order chi connectivity index (χ0) is 111. The fourth-order valence-electron chi connectivity index (χ4n) is 27.0. The van der Waals surface area contributed by atoms with Crippen molar-refractivity contribution in [3.63, 3.8) is 0 Å². The third kappa shape index (κ3) is 43.1. The number of fused-ring (bicyclic) bond motifs is 2. The van der Waals surface area contributed by atoms with Gasteiger partial charge in [0.15, 0.2) is 0 Å². The summed E-state index contributed by atoms with van der Waals surface area (Å²) in [4.78, 5) is 117. The molecule has 5 fully saturated rings. The first kappa shape index (κ1) is 137. The lowest BCUT2D eigenvalue weighted by Gasteiger charge is -2.43. The van der Waals surface area contributed by atoms with Gasteiger partial charge in [0.1, 0.15) is 46.3 Å². The van der Waals surface area contributed by atoms with E-state index in [1.165, 1.54) is 55.2 Å². The number of aryl methyl sites for hydroxylation is 1. The molecule has 8 atom stereocenters. The van der Waals surface area contributed by atoms with Crippen LogP contribution in [0.4, 0.5) is 0 Å². The van der Waals surface area contributed by atoms with Crippen LogP contribution in [0.1, 0.15) is 535 Å². The number of carboxylic acid groups (broad SMARTS) is 2. The molecule has 10 rings (SSSR count). The second-order valence-corrected chi connectivity index (χ2v) is 60.7. The van der Waals surface area contributed by atoms with E-state index >= 15 is 0 Å². The summed E-state index contributed by atoms with van der Waals surface area (Å²) in [6.45, 7) is 104. The highest BCUT2D eigenvalue weighted by Crippen LogP contribution is 2.66. The van der Waals surface area contributed by atoms with E-state index < -0.39 is 17.4 Å². The van der Waals surface area contributed by atoms with E-state index in [0.717, 1.165) is 146 Å². The van der Waals surface area contributed by atoms with Gasteiger partial charge in [-0.1, -0.05) is 395 Å². The molecule has 7 aliphatic rings. The average Bonchev–Trinajstić information content (AvgIpc) is 1.54. The number of carboxylic acids is 2. The molecule has 5 saturated carbocycles. The molecule has 822 valence electrons. The van der Waals surface area contributed by atoms with Crippen LogP contribution in [0.25, 0.3) is 0 Å². The monoisotopic (exact) mass is 1990 g/mol. The Labute approximate surface area is 881 Å². The molecule has 0 heterocycles. The minimum atomic E-state index is -0.672. The highest BCUT2D eigenvalue weighted by atomic mass is 16.4. The first-order valence-corrected chi connectivity index (χ1v) is 55.2. The molecule has 0 radical (unpaired) electrons. The Bertz CT molecular complexity index is 4490. The normalized spacial score (nSPS) is 22.8. The van der Waals surface area contributed by atoms with Gasteiger partial charge in [-0.15, -0.1) is 0 Å². The molecular weight excluding hydrogens is 1770 g/mol. The number of carbonyl (C=O) groups excluding carboxylic acids is 8. The van der Waals surface area contributed by atoms with Gasteiger partial charge >= 0.3 is 11.9 Å². The Morgan fingerprint density at radius 2 is 0.762 bits per heavy atom. The van der Waals surface area contributed by atoms with Crippen LogP contribution < -0.4 is 0 Å². The minimum absolute atomic E-state index is 0. The predicted molar refractivity (Wildman–Crippen MR) is 609 cm³/mol. The van der Waals surface area contributed by atoms with Crippen molar-refractivity contribution in [2.75, 3.05) is 0 Å². The second-order valence-electron chi connectivity index (χ2n) is 60.7. The lowest BCUT2D eigenvalue weighted by molar-refractivity contribution is -0.147. The van der Waals surface area contributed by atoms with E-state index in [0.29, 0.717) is 64.3 Å². The van der Waals surface area contributed by atoms with Crippen LogP contribution >= 0.6 is 0 Å². The summed E-state index contributed by atoms with van der Waals surface area (Å²) >= 11 is 0. The maximum atomic E-state index is 12.1. The zero-order valence-electron chi connectivity index (χ0n) is 102. The number of rotatable bonds is 21. The van der Waals surface area contributed by atoms with Gasteiger partial charge in [-0.3, -0.25) is 47.9 Å². The number of hydrogen-bond donors (Lipinski definition) is 2. The van der Waals surface area contributed by atoms with E-state index in [1.807, 2.05) is 62.4 Å². The standard InChI is InChI=1S/C16H22O.C15H20O2.C15H22O.2C14H26O.C12H22O.C12H24O.C11H20O2.C11H20O.C10H20O.CH4/c1-12(17)16(11-15(2,3)4)9-13-7-5-6-8-14(13)10-16;1-14(2,3)10-15(13(16)17)9-8-11-6-4-5-7-12(11)15;1-12(16)15(5,11-14(2,3)4)13-9-7-6-8-10-13;1-11(15)14(9-12(2,3)4)8-7-13(5,6)10-14;1-11(15)14(10-12(2,3)4)9-7-8-13(14,5)6;1-10(13)12(7-5-6-8-12)9-11(2,3)4;1-7-12(8-2,10(3)13)9-11(4,5)6;1-11(2,3)9-7-5-4-6-8(9)10(12)13;1-7(12)8-9(10(2,3)4)11(8,5)6;1-8(11)10(5,6)7-9(2,3)4;/h5-8H,9-11H2,1-4H3;4-7H,8-10H2,1-3H3,(H,16,17);6-10H,11H2,1-5H3;2*7-10H2,1-6H3;5-9H2,1-4H3;7-9H2,1-6H3;8-9H,4-7H2,1-3H3,(H,12,13);8-9H,1-6H3;7H2,1-6H3;1H4. The highest BCUT2D eigenvalue weighted by Gasteiger charge is 2.64. The molecule has 0 amide bonds. The minimum Gasteiger partial charge on any atom is -0.481 e. The number of hydrogen-bond acceptors (Lipinski definition) is 10. The topological polar surface area (TPSA) is 211 Å². The van der Waals surface area contributed by atoms with E-state index in [1.54, 1.807) is 55.4 Å². The highest BCUT2D eigenvalue weighted by molar-refractivity contribution is 5.89. The molecule has 0 aromatic heterocycles. The van der Waals surface area contributed by atoms with E-state index in [4.69, 9.17) is 5.11 Å². The quantitative estimate of drug-likeness (QED) is 0.102. The van der Waals surface area contributed by atoms with Crippen LogP contribution in [0, 0.1) is 127 Å². The third-order valence-corrected chi connectivity index (χ3v) is 32.8. The number of ketones is 8. The van der Waals surface area contributed by atoms with Crippen LogP contribution in [-0.2, 0) is 78.0 Å². The molecule has 8 unspecified atom stereocenters. The molecule has 0 aliphatic heterocycles. The molecule has 3 aromatic carbocycles. The summed E-state index contributed by atoms with van der Waals surface area (Å²) in [6.07, 6.45) is 28.9. The molecule has 0 saturated heterocycles. The molecule has 12 nitrogen and oxygen atoms in total. The number of Topliss-reactive ketones (excluding diaryl/α,β-unsaturated/α-hetero) is 8. The molecule has 7 aliphatic carbocycles. The van der Waals surface area contributed by atoms with Crippen LogP contribution in [0.15, 0.2) is 78.9 Å². The Morgan fingerprint density at radius 3 is 1.05 bits per heavy atom. The number of carbonyl (C=O) groups is 10. The molecule has 12 heteroatoms. The Balaban J connectivity index is 0.00000157. The summed E-state index contributed by atoms with van der Waals surface area (Å²) in [5.74, 6) is 2.68. The van der Waals surface area contributed by atoms with Crippen LogP contribution in [0.5, 0.6) is 0 Å². The number of benzene rings is 3. The lowest BCUT2D eigenvalue weighted by atomic mass is 9.59. The summed E-state index contributed by atoms with van der Waals surface area (Å²) in [7, 11) is 0. The van der Waals surface area contributed by atoms with Crippen molar-refractivity contribution in [3.8, 4) is 0 Å². The largest absolute Gasteiger partial charge is 0.481 e. The van der Waals surface area contributed by atoms with E-state index in [-0.39, 0.29) is 128 Å². The molecule has 0 spiro atoms. The maximum absolute atomic E-state index is 12.1. The van der Waals surface area contributed by atoms with Gasteiger partial charge < -0.3 is 10.2 Å². The fourth-order valence-corrected chi connectivity index (χ4v) is 27.0. The Kier molecular flexibility index (Phi) is 49.9. The predicted octanol–water partition coefficient (Wildman–Crippen LogP) is 36.5. The molecule has 3 aromatic rings. The molecule has 0 bridgehead atoms. The van der Waals surface area contributed by atoms with Crippen molar-refractivity contribution >= 4 is 58.2 Å². The maximum Gasteiger partial charge on any atom is 0.314 e. The summed E-state index contributed by atoms with van der Waals surface area (Å²) in [5.41, 5.74) is 7.49. The first-order chi connectivity index (χ1) is 63.5. The second kappa shape index (κ2) is 52.1. The first-order valence-electron chi connectivity index (χ1n) is 55.2. The van der Waals surface area contributed by atoms with Gasteiger partial charge in [0.25, 0.3) is 0 Å². The summed E-state index contributed by atoms with van der Waals surface area (Å²) in [6, 6.07) is 26.6. The van der Waals surface area contributed by atoms with Crippen LogP contribution in [-0.4, -0.2) is 68.4 Å². The van der Waals surface area contributed by atoms with Crippen molar-refractivity contribution in [3.05, 3.63) is 107 Å². The third-order valence-electron chi connectivity index (χ3n) is 32.8. The Hall–Kier alpha value is -6.04. The SMILES string of the molecule is C.CC(=O)C(C)(C)CC(C)(C)C.CC(=O)C(C)(CC(C)(C)C)c1ccccc1.CC(=O)C1(CC(C)(C)C)CCC(C)(C)C1.CC(=O)C1(CC(C)(C)C)CCCC1.CC(=O)C1(CC(C)(C)C)CCCC1(C)C.CC(=O)C1(CC(C)(C)C)Cc2ccccc2C1.CC(=O)C1C(C(C)(C)C)C1(C)C.CC(C)(C)C1CCCCC1C(=O)O.CC(C)(C)CC1(C(=O)O)CCc2ccccc21.CCC(CC)(CC(C)(C)C)C(C)=O. The zero-order valence-corrected chi connectivity index (χ0v) is 102. The van der Waals surface area contributed by atoms with Gasteiger partial charge in [0.05, 0.1) is 16.7 Å². The average molecular weight is 1990 g/mol. The smallest absolute Gasteiger partial charge is 0.314 e. The molecular formula is C131H226O12.